The van der Waals surface area contributed by atoms with Crippen molar-refractivity contribution in [2.75, 3.05) is 26.2 Å². The first kappa shape index (κ1) is 30.1. The minimum atomic E-state index is -1.03. The summed E-state index contributed by atoms with van der Waals surface area (Å²) in [6.45, 7) is 9.13. The molecule has 186 valence electrons. The summed E-state index contributed by atoms with van der Waals surface area (Å²) in [4.78, 5) is 43.5. The Bertz CT molecular complexity index is 1100. The number of aliphatic carboxylic acids is 1. The maximum atomic E-state index is 12.5. The van der Waals surface area contributed by atoms with Crippen LogP contribution in [0.15, 0.2) is 54.7 Å². The Kier molecular flexibility index (Phi) is 11.7. The van der Waals surface area contributed by atoms with Crippen LogP contribution in [0.5, 0.6) is 0 Å². The molecule has 0 radical (unpaired) electrons. The van der Waals surface area contributed by atoms with Gasteiger partial charge in [-0.3, -0.25) is 14.7 Å². The van der Waals surface area contributed by atoms with Gasteiger partial charge in [-0.1, -0.05) is 30.3 Å². The van der Waals surface area contributed by atoms with Crippen molar-refractivity contribution in [2.45, 2.75) is 32.9 Å². The molecule has 1 aromatic carbocycles. The third-order valence-electron chi connectivity index (χ3n) is 5.30. The number of carbonyl (C=O) groups excluding carboxylic acids is 2. The van der Waals surface area contributed by atoms with Crippen molar-refractivity contribution in [3.63, 3.8) is 0 Å². The molecule has 1 aliphatic heterocycles. The smallest absolute Gasteiger partial charge is 1.00 e. The van der Waals surface area contributed by atoms with E-state index in [1.54, 1.807) is 29.3 Å². The Hall–Kier alpha value is -2.14. The van der Waals surface area contributed by atoms with Crippen LogP contribution < -0.4 is 51.4 Å². The van der Waals surface area contributed by atoms with Crippen LogP contribution >= 0.6 is 0 Å². The third-order valence-corrected chi connectivity index (χ3v) is 5.30. The molecule has 1 aromatic heterocycles. The molecular formula is C27H32KN3O5. The second-order valence-electron chi connectivity index (χ2n) is 9.33. The van der Waals surface area contributed by atoms with E-state index in [9.17, 15) is 14.4 Å². The van der Waals surface area contributed by atoms with Gasteiger partial charge in [0.1, 0.15) is 5.60 Å². The van der Waals surface area contributed by atoms with E-state index in [2.05, 4.69) is 9.88 Å². The number of benzene rings is 1. The maximum absolute atomic E-state index is 12.5. The number of nitrogens with zero attached hydrogens (tertiary/aromatic N) is 3. The SMILES string of the molecule is CC(C)(C)OC(=O)N1CCN(Cc2ccc(C(=O)C=Cc3ccc(C=CC(=O)O)nc3)cc2)CC1.[H-].[K+]. The van der Waals surface area contributed by atoms with Gasteiger partial charge in [0.25, 0.3) is 0 Å². The number of hydrogen-bond acceptors (Lipinski definition) is 6. The van der Waals surface area contributed by atoms with Gasteiger partial charge in [0.05, 0.1) is 5.69 Å². The van der Waals surface area contributed by atoms with Crippen LogP contribution in [-0.4, -0.2) is 69.5 Å². The summed E-state index contributed by atoms with van der Waals surface area (Å²) >= 11 is 0. The van der Waals surface area contributed by atoms with Gasteiger partial charge >= 0.3 is 63.4 Å². The van der Waals surface area contributed by atoms with Crippen molar-refractivity contribution in [1.29, 1.82) is 0 Å². The van der Waals surface area contributed by atoms with Gasteiger partial charge in [-0.05, 0) is 56.2 Å². The first-order valence-electron chi connectivity index (χ1n) is 11.5. The van der Waals surface area contributed by atoms with E-state index in [0.717, 1.165) is 36.8 Å². The van der Waals surface area contributed by atoms with Gasteiger partial charge < -0.3 is 16.2 Å². The number of piperazine rings is 1. The normalized spacial score (nSPS) is 14.6. The van der Waals surface area contributed by atoms with Crippen LogP contribution in [0.4, 0.5) is 4.79 Å². The summed E-state index contributed by atoms with van der Waals surface area (Å²) in [6.07, 6.45) is 6.91. The van der Waals surface area contributed by atoms with Crippen LogP contribution in [0.25, 0.3) is 12.2 Å². The van der Waals surface area contributed by atoms with Crippen molar-refractivity contribution in [3.05, 3.63) is 77.1 Å². The molecular weight excluding hydrogens is 485 g/mol. The number of amides is 1. The molecule has 9 heteroatoms. The third kappa shape index (κ3) is 10.1. The molecule has 0 bridgehead atoms. The molecule has 3 rings (SSSR count). The molecule has 0 unspecified atom stereocenters. The van der Waals surface area contributed by atoms with Crippen molar-refractivity contribution < 1.29 is 77.0 Å². The number of carboxylic acids is 1. The Balaban J connectivity index is 0.00000342. The Morgan fingerprint density at radius 1 is 1.00 bits per heavy atom. The molecule has 1 fully saturated rings. The van der Waals surface area contributed by atoms with E-state index >= 15 is 0 Å². The van der Waals surface area contributed by atoms with Gasteiger partial charge in [-0.2, -0.15) is 0 Å². The van der Waals surface area contributed by atoms with Gasteiger partial charge in [0.15, 0.2) is 5.78 Å². The van der Waals surface area contributed by atoms with Crippen molar-refractivity contribution in [2.24, 2.45) is 0 Å². The molecule has 0 aliphatic carbocycles. The number of carbonyl (C=O) groups is 3. The molecule has 1 aliphatic rings. The topological polar surface area (TPSA) is 100 Å². The van der Waals surface area contributed by atoms with Gasteiger partial charge in [0.2, 0.25) is 0 Å². The molecule has 2 heterocycles. The number of carboxylic acid groups (broad SMARTS) is 1. The first-order valence-corrected chi connectivity index (χ1v) is 11.5. The van der Waals surface area contributed by atoms with E-state index in [4.69, 9.17) is 9.84 Å². The molecule has 1 saturated heterocycles. The second kappa shape index (κ2) is 14.0. The molecule has 36 heavy (non-hydrogen) atoms. The number of aromatic nitrogens is 1. The fourth-order valence-electron chi connectivity index (χ4n) is 3.49. The predicted molar refractivity (Wildman–Crippen MR) is 135 cm³/mol. The number of pyridine rings is 1. The summed E-state index contributed by atoms with van der Waals surface area (Å²) < 4.78 is 5.44. The van der Waals surface area contributed by atoms with E-state index in [1.165, 1.54) is 12.2 Å². The monoisotopic (exact) mass is 517 g/mol. The molecule has 0 saturated carbocycles. The quantitative estimate of drug-likeness (QED) is 0.335. The molecule has 2 aromatic rings. The molecule has 0 atom stereocenters. The van der Waals surface area contributed by atoms with Crippen LogP contribution in [0.3, 0.4) is 0 Å². The van der Waals surface area contributed by atoms with Crippen LogP contribution in [-0.2, 0) is 16.1 Å². The number of rotatable bonds is 7. The summed E-state index contributed by atoms with van der Waals surface area (Å²) in [6, 6.07) is 11.0. The fourth-order valence-corrected chi connectivity index (χ4v) is 3.49. The summed E-state index contributed by atoms with van der Waals surface area (Å²) in [5.41, 5.74) is 2.47. The summed E-state index contributed by atoms with van der Waals surface area (Å²) in [7, 11) is 0. The van der Waals surface area contributed by atoms with Crippen molar-refractivity contribution in [3.8, 4) is 0 Å². The molecule has 8 nitrogen and oxygen atoms in total. The average Bonchev–Trinajstić information content (AvgIpc) is 2.81. The van der Waals surface area contributed by atoms with E-state index in [1.807, 2.05) is 45.0 Å². The van der Waals surface area contributed by atoms with E-state index < -0.39 is 11.6 Å². The Morgan fingerprint density at radius 2 is 1.67 bits per heavy atom. The van der Waals surface area contributed by atoms with E-state index in [0.29, 0.717) is 24.3 Å². The van der Waals surface area contributed by atoms with Crippen LogP contribution in [0.2, 0.25) is 0 Å². The Morgan fingerprint density at radius 3 is 2.22 bits per heavy atom. The van der Waals surface area contributed by atoms with Gasteiger partial charge in [-0.15, -0.1) is 0 Å². The van der Waals surface area contributed by atoms with Gasteiger partial charge in [-0.25, -0.2) is 9.59 Å². The average molecular weight is 518 g/mol. The summed E-state index contributed by atoms with van der Waals surface area (Å²) in [5.74, 6) is -1.15. The predicted octanol–water partition coefficient (Wildman–Crippen LogP) is 1.24. The van der Waals surface area contributed by atoms with Gasteiger partial charge in [0, 0.05) is 50.6 Å². The molecule has 1 N–H and O–H groups in total. The number of hydrogen-bond donors (Lipinski definition) is 1. The Labute approximate surface area is 255 Å². The minimum Gasteiger partial charge on any atom is -1.00 e. The van der Waals surface area contributed by atoms with Crippen molar-refractivity contribution in [1.82, 2.24) is 14.8 Å². The fraction of sp³-hybridized carbons (Fsp3) is 0.333. The zero-order valence-corrected chi connectivity index (χ0v) is 24.4. The molecule has 1 amide bonds. The molecule has 0 spiro atoms. The zero-order valence-electron chi connectivity index (χ0n) is 22.3. The zero-order chi connectivity index (χ0) is 25.4. The van der Waals surface area contributed by atoms with Crippen molar-refractivity contribution >= 4 is 30.0 Å². The van der Waals surface area contributed by atoms with Crippen LogP contribution in [0.1, 0.15) is 49.4 Å². The maximum Gasteiger partial charge on any atom is 1.00 e. The summed E-state index contributed by atoms with van der Waals surface area (Å²) in [5, 5.41) is 8.66. The van der Waals surface area contributed by atoms with E-state index in [-0.39, 0.29) is 64.7 Å². The second-order valence-corrected chi connectivity index (χ2v) is 9.33. The largest absolute Gasteiger partial charge is 1.00 e. The standard InChI is InChI=1S/C27H31N3O5.K.H/c1-27(2,3)35-26(34)30-16-14-29(15-17-30)19-21-4-8-22(9-5-21)24(31)12-7-20-6-10-23(28-18-20)11-13-25(32)33;;/h4-13,18H,14-17,19H2,1-3H3,(H,32,33);;/q;+1;-1. The first-order chi connectivity index (χ1) is 16.6. The number of ether oxygens (including phenoxy) is 1. The number of allylic oxidation sites excluding steroid dienone is 1. The van der Waals surface area contributed by atoms with Crippen LogP contribution in [0, 0.1) is 0 Å². The number of ketones is 1. The minimum absolute atomic E-state index is 0.